The molecule has 0 saturated carbocycles. The van der Waals surface area contributed by atoms with E-state index in [0.29, 0.717) is 0 Å². The van der Waals surface area contributed by atoms with Gasteiger partial charge in [0.15, 0.2) is 0 Å². The highest BCUT2D eigenvalue weighted by Gasteiger charge is 2.31. The van der Waals surface area contributed by atoms with Crippen molar-refractivity contribution in [2.75, 3.05) is 18.9 Å². The third kappa shape index (κ3) is 5.61. The van der Waals surface area contributed by atoms with Crippen molar-refractivity contribution in [2.45, 2.75) is 6.36 Å². The molecule has 2 amide bonds. The summed E-state index contributed by atoms with van der Waals surface area (Å²) in [5, 5.41) is 8.10. The quantitative estimate of drug-likeness (QED) is 0.828. The maximum Gasteiger partial charge on any atom is 0.573 e. The number of nitrogens with one attached hydrogen (secondary N) is 2. The van der Waals surface area contributed by atoms with Crippen molar-refractivity contribution in [3.63, 3.8) is 0 Å². The van der Waals surface area contributed by atoms with Gasteiger partial charge in [-0.2, -0.15) is 5.10 Å². The Balaban J connectivity index is 1.92. The number of anilines is 1. The fraction of sp³-hybridized carbons (Fsp3) is 0.200. The van der Waals surface area contributed by atoms with Crippen molar-refractivity contribution in [3.8, 4) is 5.75 Å². The summed E-state index contributed by atoms with van der Waals surface area (Å²) in [6.45, 7) is -0.333. The number of hydrogen-bond donors (Lipinski definition) is 2. The van der Waals surface area contributed by atoms with Crippen LogP contribution in [0.25, 0.3) is 0 Å². The first-order valence-electron chi connectivity index (χ1n) is 7.11. The Morgan fingerprint density at radius 1 is 1.19 bits per heavy atom. The van der Waals surface area contributed by atoms with Gasteiger partial charge >= 0.3 is 6.36 Å². The zero-order chi connectivity index (χ0) is 19.3. The molecule has 0 aliphatic heterocycles. The van der Waals surface area contributed by atoms with E-state index < -0.39 is 29.5 Å². The van der Waals surface area contributed by atoms with Gasteiger partial charge in [-0.3, -0.25) is 14.4 Å². The van der Waals surface area contributed by atoms with Crippen LogP contribution in [-0.2, 0) is 4.79 Å². The third-order valence-corrected chi connectivity index (χ3v) is 3.00. The number of amides is 2. The number of aromatic nitrogens is 2. The van der Waals surface area contributed by atoms with Gasteiger partial charge in [0.25, 0.3) is 11.5 Å². The lowest BCUT2D eigenvalue weighted by atomic mass is 10.3. The van der Waals surface area contributed by atoms with E-state index in [1.54, 1.807) is 0 Å². The molecule has 2 rings (SSSR count). The number of rotatable bonds is 5. The normalized spacial score (nSPS) is 10.9. The Bertz CT molecular complexity index is 829. The van der Waals surface area contributed by atoms with Crippen LogP contribution in [0.5, 0.6) is 5.75 Å². The largest absolute Gasteiger partial charge is 0.573 e. The Morgan fingerprint density at radius 2 is 1.85 bits per heavy atom. The molecule has 0 unspecified atom stereocenters. The average Bonchev–Trinajstić information content (AvgIpc) is 2.55. The second-order valence-electron chi connectivity index (χ2n) is 5.09. The van der Waals surface area contributed by atoms with Crippen LogP contribution in [0.15, 0.2) is 41.2 Å². The fourth-order valence-corrected chi connectivity index (χ4v) is 1.89. The van der Waals surface area contributed by atoms with Crippen LogP contribution in [0.3, 0.4) is 0 Å². The minimum Gasteiger partial charge on any atom is -0.406 e. The average molecular weight is 370 g/mol. The number of hydrogen-bond acceptors (Lipinski definition) is 5. The Hall–Kier alpha value is -3.37. The molecule has 1 aromatic heterocycles. The number of benzene rings is 1. The van der Waals surface area contributed by atoms with Crippen molar-refractivity contribution in [1.82, 2.24) is 15.1 Å². The molecule has 0 atom stereocenters. The lowest BCUT2D eigenvalue weighted by molar-refractivity contribution is -0.274. The summed E-state index contributed by atoms with van der Waals surface area (Å²) in [6.07, 6.45) is -4.80. The predicted octanol–water partition coefficient (Wildman–Crippen LogP) is 1.38. The zero-order valence-corrected chi connectivity index (χ0v) is 13.3. The molecule has 0 aliphatic carbocycles. The monoisotopic (exact) mass is 370 g/mol. The number of carbonyl (C=O) groups is 2. The van der Waals surface area contributed by atoms with Gasteiger partial charge in [-0.25, -0.2) is 5.10 Å². The third-order valence-electron chi connectivity index (χ3n) is 3.00. The first-order chi connectivity index (χ1) is 12.1. The Kier molecular flexibility index (Phi) is 5.60. The number of H-pyrrole nitrogens is 1. The summed E-state index contributed by atoms with van der Waals surface area (Å²) in [4.78, 5) is 36.0. The summed E-state index contributed by atoms with van der Waals surface area (Å²) in [5.41, 5.74) is -0.291. The van der Waals surface area contributed by atoms with E-state index in [0.717, 1.165) is 23.1 Å². The Labute approximate surface area is 144 Å². The summed E-state index contributed by atoms with van der Waals surface area (Å²) >= 11 is 0. The van der Waals surface area contributed by atoms with Crippen LogP contribution >= 0.6 is 0 Å². The molecule has 0 radical (unpaired) electrons. The van der Waals surface area contributed by atoms with Crippen molar-refractivity contribution in [2.24, 2.45) is 0 Å². The number of halogens is 3. The van der Waals surface area contributed by atoms with E-state index in [1.807, 2.05) is 0 Å². The first-order valence-corrected chi connectivity index (χ1v) is 7.11. The highest BCUT2D eigenvalue weighted by Crippen LogP contribution is 2.23. The number of likely N-dealkylation sites (N-methyl/N-ethyl adjacent to an activating group) is 1. The molecule has 11 heteroatoms. The first kappa shape index (κ1) is 19.0. The molecule has 2 N–H and O–H groups in total. The van der Waals surface area contributed by atoms with Crippen LogP contribution in [0.2, 0.25) is 0 Å². The van der Waals surface area contributed by atoms with E-state index in [1.165, 1.54) is 25.2 Å². The minimum atomic E-state index is -4.80. The molecular formula is C15H13F3N4O4. The van der Waals surface area contributed by atoms with Crippen molar-refractivity contribution >= 4 is 17.5 Å². The number of ether oxygens (including phenoxy) is 1. The van der Waals surface area contributed by atoms with Crippen molar-refractivity contribution < 1.29 is 27.5 Å². The summed E-state index contributed by atoms with van der Waals surface area (Å²) in [6, 6.07) is 6.88. The topological polar surface area (TPSA) is 104 Å². The zero-order valence-electron chi connectivity index (χ0n) is 13.3. The van der Waals surface area contributed by atoms with Gasteiger partial charge in [-0.1, -0.05) is 0 Å². The van der Waals surface area contributed by atoms with Gasteiger partial charge in [0.1, 0.15) is 11.4 Å². The van der Waals surface area contributed by atoms with Crippen molar-refractivity contribution in [3.05, 3.63) is 52.4 Å². The van der Waals surface area contributed by atoms with Crippen LogP contribution < -0.4 is 15.6 Å². The van der Waals surface area contributed by atoms with Crippen LogP contribution in [0.4, 0.5) is 18.9 Å². The van der Waals surface area contributed by atoms with E-state index in [-0.39, 0.29) is 17.9 Å². The van der Waals surface area contributed by atoms with Gasteiger partial charge < -0.3 is 15.0 Å². The van der Waals surface area contributed by atoms with E-state index >= 15 is 0 Å². The minimum absolute atomic E-state index is 0.0476. The van der Waals surface area contributed by atoms with Crippen LogP contribution in [0.1, 0.15) is 10.5 Å². The molecule has 1 aromatic carbocycles. The molecular weight excluding hydrogens is 357 g/mol. The second-order valence-corrected chi connectivity index (χ2v) is 5.09. The van der Waals surface area contributed by atoms with Gasteiger partial charge in [-0.15, -0.1) is 13.2 Å². The molecule has 0 bridgehead atoms. The molecule has 0 fully saturated rings. The lowest BCUT2D eigenvalue weighted by Crippen LogP contribution is -2.35. The highest BCUT2D eigenvalue weighted by atomic mass is 19.4. The van der Waals surface area contributed by atoms with Crippen LogP contribution in [0, 0.1) is 0 Å². The van der Waals surface area contributed by atoms with Crippen LogP contribution in [-0.4, -0.2) is 46.9 Å². The summed E-state index contributed by atoms with van der Waals surface area (Å²) in [5.74, 6) is -1.59. The standard InChI is InChI=1S/C15H13F3N4O4/c1-22(14(25)11-6-7-12(23)21-20-11)8-13(24)19-9-2-4-10(5-3-9)26-15(16,17)18/h2-7H,8H2,1H3,(H,19,24)(H,21,23). The van der Waals surface area contributed by atoms with Gasteiger partial charge in [0.05, 0.1) is 6.54 Å². The molecule has 8 nitrogen and oxygen atoms in total. The number of aromatic amines is 1. The van der Waals surface area contributed by atoms with Gasteiger partial charge in [-0.05, 0) is 30.3 Å². The molecule has 0 saturated heterocycles. The van der Waals surface area contributed by atoms with E-state index in [4.69, 9.17) is 0 Å². The molecule has 0 spiro atoms. The summed E-state index contributed by atoms with van der Waals surface area (Å²) in [7, 11) is 1.36. The van der Waals surface area contributed by atoms with E-state index in [9.17, 15) is 27.6 Å². The smallest absolute Gasteiger partial charge is 0.406 e. The number of alkyl halides is 3. The molecule has 138 valence electrons. The molecule has 2 aromatic rings. The maximum atomic E-state index is 12.1. The predicted molar refractivity (Wildman–Crippen MR) is 83.6 cm³/mol. The fourth-order valence-electron chi connectivity index (χ4n) is 1.89. The lowest BCUT2D eigenvalue weighted by Gasteiger charge is -2.16. The van der Waals surface area contributed by atoms with Gasteiger partial charge in [0.2, 0.25) is 5.91 Å². The van der Waals surface area contributed by atoms with E-state index in [2.05, 4.69) is 20.3 Å². The Morgan fingerprint density at radius 3 is 2.38 bits per heavy atom. The highest BCUT2D eigenvalue weighted by molar-refractivity contribution is 5.98. The number of carbonyl (C=O) groups excluding carboxylic acids is 2. The van der Waals surface area contributed by atoms with Crippen molar-refractivity contribution in [1.29, 1.82) is 0 Å². The molecule has 1 heterocycles. The SMILES string of the molecule is CN(CC(=O)Nc1ccc(OC(F)(F)F)cc1)C(=O)c1ccc(=O)[nH]n1. The second kappa shape index (κ2) is 7.68. The maximum absolute atomic E-state index is 12.1. The van der Waals surface area contributed by atoms with Gasteiger partial charge in [0, 0.05) is 18.8 Å². The molecule has 0 aliphatic rings. The number of nitrogens with zero attached hydrogens (tertiary/aromatic N) is 2. The summed E-state index contributed by atoms with van der Waals surface area (Å²) < 4.78 is 40.0. The molecule has 26 heavy (non-hydrogen) atoms.